The van der Waals surface area contributed by atoms with Crippen molar-refractivity contribution in [2.45, 2.75) is 0 Å². The predicted octanol–water partition coefficient (Wildman–Crippen LogP) is -0.152. The van der Waals surface area contributed by atoms with Crippen LogP contribution in [0.2, 0.25) is 0 Å². The predicted molar refractivity (Wildman–Crippen MR) is 37.9 cm³/mol. The topological polar surface area (TPSA) is 115 Å². The molecule has 0 bridgehead atoms. The Morgan fingerprint density at radius 1 is 1.42 bits per heavy atom. The van der Waals surface area contributed by atoms with Crippen LogP contribution in [0.4, 0.5) is 6.01 Å². The van der Waals surface area contributed by atoms with Crippen LogP contribution in [0.1, 0.15) is 0 Å². The smallest absolute Gasteiger partial charge is 0.313 e. The molecular formula is C4H3N5O2S. The fourth-order valence-electron chi connectivity index (χ4n) is 0.612. The first-order valence-corrected chi connectivity index (χ1v) is 3.68. The lowest BCUT2D eigenvalue weighted by Crippen LogP contribution is -1.81. The fraction of sp³-hybridized carbons (Fsp3) is 0. The van der Waals surface area contributed by atoms with E-state index < -0.39 is 0 Å². The average molecular weight is 185 g/mol. The zero-order chi connectivity index (χ0) is 8.55. The molecule has 0 unspecified atom stereocenters. The van der Waals surface area contributed by atoms with E-state index in [1.54, 1.807) is 0 Å². The molecule has 2 aromatic rings. The molecule has 12 heavy (non-hydrogen) atoms. The van der Waals surface area contributed by atoms with Gasteiger partial charge in [0.25, 0.3) is 10.8 Å². The SMILES string of the molecule is N=c1onc(-c2nnc(N)o2)s1. The van der Waals surface area contributed by atoms with Gasteiger partial charge in [-0.05, 0) is 11.3 Å². The number of hydrogen-bond acceptors (Lipinski definition) is 8. The van der Waals surface area contributed by atoms with Crippen LogP contribution in [0.5, 0.6) is 0 Å². The second-order valence-electron chi connectivity index (χ2n) is 1.82. The van der Waals surface area contributed by atoms with E-state index in [0.29, 0.717) is 5.01 Å². The molecule has 62 valence electrons. The zero-order valence-electron chi connectivity index (χ0n) is 5.64. The molecule has 3 N–H and O–H groups in total. The maximum atomic E-state index is 7.04. The van der Waals surface area contributed by atoms with E-state index in [1.165, 1.54) is 0 Å². The van der Waals surface area contributed by atoms with E-state index in [9.17, 15) is 0 Å². The maximum Gasteiger partial charge on any atom is 0.313 e. The third-order valence-electron chi connectivity index (χ3n) is 1.02. The first kappa shape index (κ1) is 6.98. The molecule has 2 rings (SSSR count). The average Bonchev–Trinajstić information content (AvgIpc) is 2.58. The van der Waals surface area contributed by atoms with Gasteiger partial charge in [-0.15, -0.1) is 5.10 Å². The van der Waals surface area contributed by atoms with Crippen molar-refractivity contribution >= 4 is 17.4 Å². The fourth-order valence-corrected chi connectivity index (χ4v) is 1.11. The number of nitrogens with one attached hydrogen (secondary N) is 1. The highest BCUT2D eigenvalue weighted by atomic mass is 32.1. The largest absolute Gasteiger partial charge is 0.401 e. The third-order valence-corrected chi connectivity index (χ3v) is 1.73. The van der Waals surface area contributed by atoms with Crippen LogP contribution in [0.3, 0.4) is 0 Å². The molecule has 0 aliphatic heterocycles. The van der Waals surface area contributed by atoms with Crippen LogP contribution in [0, 0.1) is 5.41 Å². The van der Waals surface area contributed by atoms with Gasteiger partial charge in [-0.1, -0.05) is 10.3 Å². The molecule has 2 heterocycles. The summed E-state index contributed by atoms with van der Waals surface area (Å²) in [6.45, 7) is 0. The highest BCUT2D eigenvalue weighted by Crippen LogP contribution is 2.17. The maximum absolute atomic E-state index is 7.04. The van der Waals surface area contributed by atoms with E-state index in [1.807, 2.05) is 0 Å². The normalized spacial score (nSPS) is 10.3. The number of anilines is 1. The molecule has 0 aliphatic carbocycles. The summed E-state index contributed by atoms with van der Waals surface area (Å²) in [6, 6.07) is -0.0354. The first-order valence-electron chi connectivity index (χ1n) is 2.86. The molecule has 0 saturated heterocycles. The van der Waals surface area contributed by atoms with Crippen LogP contribution in [0.25, 0.3) is 10.9 Å². The minimum absolute atomic E-state index is 0.0261. The van der Waals surface area contributed by atoms with Crippen molar-refractivity contribution in [1.29, 1.82) is 5.41 Å². The Bertz CT molecular complexity index is 442. The minimum atomic E-state index is -0.0354. The molecule has 0 saturated carbocycles. The van der Waals surface area contributed by atoms with Crippen molar-refractivity contribution < 1.29 is 8.94 Å². The molecule has 0 radical (unpaired) electrons. The molecule has 7 nitrogen and oxygen atoms in total. The van der Waals surface area contributed by atoms with E-state index >= 15 is 0 Å². The quantitative estimate of drug-likeness (QED) is 0.638. The standard InChI is InChI=1S/C4H3N5O2S/c5-3-8-7-1(10-3)2-9-11-4(6)12-2/h6H,(H2,5,8). The first-order chi connectivity index (χ1) is 5.75. The number of nitrogens with zero attached hydrogens (tertiary/aromatic N) is 3. The van der Waals surface area contributed by atoms with Crippen LogP contribution >= 0.6 is 11.3 Å². The second kappa shape index (κ2) is 2.41. The molecule has 0 amide bonds. The number of hydrogen-bond donors (Lipinski definition) is 2. The van der Waals surface area contributed by atoms with Gasteiger partial charge in [-0.25, -0.2) is 0 Å². The van der Waals surface area contributed by atoms with Gasteiger partial charge in [-0.3, -0.25) is 5.41 Å². The Morgan fingerprint density at radius 3 is 2.75 bits per heavy atom. The van der Waals surface area contributed by atoms with E-state index in [-0.39, 0.29) is 16.8 Å². The van der Waals surface area contributed by atoms with Crippen molar-refractivity contribution in [2.75, 3.05) is 5.73 Å². The summed E-state index contributed by atoms with van der Waals surface area (Å²) in [5, 5.41) is 17.9. The molecule has 0 aromatic carbocycles. The van der Waals surface area contributed by atoms with Gasteiger partial charge in [-0.2, -0.15) is 0 Å². The lowest BCUT2D eigenvalue weighted by Gasteiger charge is -1.78. The Kier molecular flexibility index (Phi) is 1.40. The lowest BCUT2D eigenvalue weighted by atomic mass is 10.7. The summed E-state index contributed by atoms with van der Waals surface area (Å²) >= 11 is 0.991. The molecule has 8 heteroatoms. The summed E-state index contributed by atoms with van der Waals surface area (Å²) in [5.41, 5.74) is 5.18. The van der Waals surface area contributed by atoms with Crippen LogP contribution in [-0.2, 0) is 0 Å². The Morgan fingerprint density at radius 2 is 2.25 bits per heavy atom. The Hall–Kier alpha value is -1.70. The van der Waals surface area contributed by atoms with Crippen molar-refractivity contribution in [1.82, 2.24) is 15.4 Å². The Labute approximate surface area is 69.3 Å². The highest BCUT2D eigenvalue weighted by Gasteiger charge is 2.10. The number of nitrogens with two attached hydrogens (primary N) is 1. The molecule has 0 fully saturated rings. The minimum Gasteiger partial charge on any atom is -0.401 e. The van der Waals surface area contributed by atoms with E-state index in [4.69, 9.17) is 15.6 Å². The summed E-state index contributed by atoms with van der Waals surface area (Å²) in [6.07, 6.45) is 0. The highest BCUT2D eigenvalue weighted by molar-refractivity contribution is 7.11. The van der Waals surface area contributed by atoms with E-state index in [0.717, 1.165) is 11.3 Å². The van der Waals surface area contributed by atoms with Gasteiger partial charge in [0.05, 0.1) is 0 Å². The van der Waals surface area contributed by atoms with Gasteiger partial charge in [0, 0.05) is 0 Å². The van der Waals surface area contributed by atoms with Crippen LogP contribution in [0.15, 0.2) is 8.94 Å². The zero-order valence-corrected chi connectivity index (χ0v) is 6.46. The summed E-state index contributed by atoms with van der Waals surface area (Å²) < 4.78 is 9.34. The monoisotopic (exact) mass is 185 g/mol. The van der Waals surface area contributed by atoms with E-state index in [2.05, 4.69) is 19.9 Å². The van der Waals surface area contributed by atoms with Crippen molar-refractivity contribution in [2.24, 2.45) is 0 Å². The Balaban J connectivity index is 2.50. The van der Waals surface area contributed by atoms with Gasteiger partial charge in [0.2, 0.25) is 5.01 Å². The summed E-state index contributed by atoms with van der Waals surface area (Å²) in [7, 11) is 0. The summed E-state index contributed by atoms with van der Waals surface area (Å²) in [4.78, 5) is -0.0261. The lowest BCUT2D eigenvalue weighted by molar-refractivity contribution is 0.380. The molecular weight excluding hydrogens is 182 g/mol. The van der Waals surface area contributed by atoms with Crippen LogP contribution < -0.4 is 10.6 Å². The second-order valence-corrected chi connectivity index (χ2v) is 2.78. The van der Waals surface area contributed by atoms with Gasteiger partial charge in [0.15, 0.2) is 0 Å². The third kappa shape index (κ3) is 1.07. The summed E-state index contributed by atoms with van der Waals surface area (Å²) in [5.74, 6) is 0.166. The molecule has 0 spiro atoms. The van der Waals surface area contributed by atoms with Crippen molar-refractivity contribution in [3.63, 3.8) is 0 Å². The number of rotatable bonds is 1. The molecule has 0 aliphatic rings. The van der Waals surface area contributed by atoms with Crippen molar-refractivity contribution in [3.8, 4) is 10.9 Å². The van der Waals surface area contributed by atoms with Gasteiger partial charge >= 0.3 is 6.01 Å². The number of aromatic nitrogens is 3. The molecule has 0 atom stereocenters. The van der Waals surface area contributed by atoms with Crippen molar-refractivity contribution in [3.05, 3.63) is 4.87 Å². The van der Waals surface area contributed by atoms with Gasteiger partial charge < -0.3 is 14.7 Å². The van der Waals surface area contributed by atoms with Crippen LogP contribution in [-0.4, -0.2) is 15.4 Å². The number of nitrogen functional groups attached to an aromatic ring is 1. The molecule has 2 aromatic heterocycles. The van der Waals surface area contributed by atoms with Gasteiger partial charge in [0.1, 0.15) is 0 Å².